The lowest BCUT2D eigenvalue weighted by Gasteiger charge is -2.19. The molecule has 1 N–H and O–H groups in total. The average molecular weight is 225 g/mol. The highest BCUT2D eigenvalue weighted by molar-refractivity contribution is 4.97. The highest BCUT2D eigenvalue weighted by atomic mass is 16.5. The van der Waals surface area contributed by atoms with Crippen molar-refractivity contribution in [2.45, 2.75) is 12.6 Å². The summed E-state index contributed by atoms with van der Waals surface area (Å²) in [7, 11) is 1.93. The molecule has 4 nitrogen and oxygen atoms in total. The summed E-state index contributed by atoms with van der Waals surface area (Å²) in [6.07, 6.45) is 2.83. The summed E-state index contributed by atoms with van der Waals surface area (Å²) in [5, 5.41) is 9.64. The molecule has 1 aromatic heterocycles. The summed E-state index contributed by atoms with van der Waals surface area (Å²) >= 11 is 0. The number of hydrogen-bond acceptors (Lipinski definition) is 4. The molecule has 0 fully saturated rings. The third-order valence-electron chi connectivity index (χ3n) is 2.07. The Morgan fingerprint density at radius 1 is 1.69 bits per heavy atom. The molecular formula is C12H19NO3. The van der Waals surface area contributed by atoms with E-state index in [1.165, 1.54) is 0 Å². The van der Waals surface area contributed by atoms with Gasteiger partial charge in [-0.05, 0) is 19.2 Å². The molecule has 0 saturated heterocycles. The molecule has 4 heteroatoms. The smallest absolute Gasteiger partial charge is 0.117 e. The van der Waals surface area contributed by atoms with E-state index in [-0.39, 0.29) is 0 Å². The third-order valence-corrected chi connectivity index (χ3v) is 2.07. The fourth-order valence-corrected chi connectivity index (χ4v) is 1.43. The zero-order chi connectivity index (χ0) is 11.8. The van der Waals surface area contributed by atoms with Crippen molar-refractivity contribution in [1.82, 2.24) is 4.90 Å². The van der Waals surface area contributed by atoms with Crippen LogP contribution in [0.3, 0.4) is 0 Å². The maximum Gasteiger partial charge on any atom is 0.117 e. The van der Waals surface area contributed by atoms with Gasteiger partial charge in [0.2, 0.25) is 0 Å². The molecule has 16 heavy (non-hydrogen) atoms. The molecule has 0 bridgehead atoms. The van der Waals surface area contributed by atoms with Crippen LogP contribution in [-0.4, -0.2) is 42.9 Å². The average Bonchev–Trinajstić information content (AvgIpc) is 2.70. The van der Waals surface area contributed by atoms with Crippen LogP contribution in [0, 0.1) is 0 Å². The fourth-order valence-electron chi connectivity index (χ4n) is 1.43. The minimum Gasteiger partial charge on any atom is -0.468 e. The Labute approximate surface area is 96.1 Å². The number of rotatable bonds is 8. The standard InChI is InChI=1S/C12H19NO3/c1-3-6-15-10-11(14)8-13(2)9-12-5-4-7-16-12/h3-5,7,11,14H,1,6,8-10H2,2H3. The first-order valence-electron chi connectivity index (χ1n) is 5.30. The van der Waals surface area contributed by atoms with Crippen molar-refractivity contribution in [3.63, 3.8) is 0 Å². The van der Waals surface area contributed by atoms with E-state index in [2.05, 4.69) is 6.58 Å². The van der Waals surface area contributed by atoms with Crippen molar-refractivity contribution in [2.24, 2.45) is 0 Å². The number of nitrogens with zero attached hydrogens (tertiary/aromatic N) is 1. The van der Waals surface area contributed by atoms with Gasteiger partial charge in [0.05, 0.1) is 32.1 Å². The highest BCUT2D eigenvalue weighted by Gasteiger charge is 2.09. The molecule has 1 aromatic rings. The van der Waals surface area contributed by atoms with Crippen molar-refractivity contribution < 1.29 is 14.3 Å². The summed E-state index contributed by atoms with van der Waals surface area (Å²) < 4.78 is 10.4. The Morgan fingerprint density at radius 3 is 3.12 bits per heavy atom. The zero-order valence-electron chi connectivity index (χ0n) is 9.63. The monoisotopic (exact) mass is 225 g/mol. The minimum atomic E-state index is -0.486. The Morgan fingerprint density at radius 2 is 2.50 bits per heavy atom. The molecule has 90 valence electrons. The molecule has 0 amide bonds. The van der Waals surface area contributed by atoms with Crippen LogP contribution in [0.15, 0.2) is 35.5 Å². The molecule has 0 saturated carbocycles. The van der Waals surface area contributed by atoms with E-state index in [0.29, 0.717) is 26.3 Å². The second kappa shape index (κ2) is 7.22. The second-order valence-corrected chi connectivity index (χ2v) is 3.76. The van der Waals surface area contributed by atoms with Gasteiger partial charge in [-0.15, -0.1) is 6.58 Å². The number of aliphatic hydroxyl groups excluding tert-OH is 1. The number of likely N-dealkylation sites (N-methyl/N-ethyl adjacent to an activating group) is 1. The van der Waals surface area contributed by atoms with Crippen LogP contribution < -0.4 is 0 Å². The summed E-state index contributed by atoms with van der Waals surface area (Å²) in [5.74, 6) is 0.890. The molecule has 0 aliphatic heterocycles. The van der Waals surface area contributed by atoms with E-state index in [1.807, 2.05) is 24.1 Å². The van der Waals surface area contributed by atoms with E-state index in [1.54, 1.807) is 12.3 Å². The van der Waals surface area contributed by atoms with Gasteiger partial charge in [0.15, 0.2) is 0 Å². The van der Waals surface area contributed by atoms with Crippen molar-refractivity contribution in [2.75, 3.05) is 26.8 Å². The van der Waals surface area contributed by atoms with Gasteiger partial charge in [0.1, 0.15) is 5.76 Å². The highest BCUT2D eigenvalue weighted by Crippen LogP contribution is 2.04. The summed E-state index contributed by atoms with van der Waals surface area (Å²) in [6, 6.07) is 3.77. The lowest BCUT2D eigenvalue weighted by atomic mass is 10.3. The number of aliphatic hydroxyl groups is 1. The maximum atomic E-state index is 9.64. The Hall–Kier alpha value is -1.10. The zero-order valence-corrected chi connectivity index (χ0v) is 9.63. The van der Waals surface area contributed by atoms with E-state index >= 15 is 0 Å². The van der Waals surface area contributed by atoms with Gasteiger partial charge in [0.25, 0.3) is 0 Å². The number of ether oxygens (including phenoxy) is 1. The Kier molecular flexibility index (Phi) is 5.85. The van der Waals surface area contributed by atoms with Gasteiger partial charge < -0.3 is 14.3 Å². The summed E-state index contributed by atoms with van der Waals surface area (Å²) in [6.45, 7) is 5.58. The lowest BCUT2D eigenvalue weighted by Crippen LogP contribution is -2.31. The van der Waals surface area contributed by atoms with Gasteiger partial charge in [-0.2, -0.15) is 0 Å². The molecule has 1 heterocycles. The molecule has 1 atom stereocenters. The first-order valence-corrected chi connectivity index (χ1v) is 5.30. The number of hydrogen-bond donors (Lipinski definition) is 1. The van der Waals surface area contributed by atoms with Crippen LogP contribution in [0.25, 0.3) is 0 Å². The second-order valence-electron chi connectivity index (χ2n) is 3.76. The Balaban J connectivity index is 2.17. The minimum absolute atomic E-state index is 0.328. The molecule has 1 rings (SSSR count). The molecule has 0 spiro atoms. The summed E-state index contributed by atoms with van der Waals surface area (Å²) in [4.78, 5) is 1.99. The fraction of sp³-hybridized carbons (Fsp3) is 0.500. The van der Waals surface area contributed by atoms with Crippen LogP contribution in [0.2, 0.25) is 0 Å². The molecule has 0 aliphatic rings. The van der Waals surface area contributed by atoms with Gasteiger partial charge in [0, 0.05) is 6.54 Å². The van der Waals surface area contributed by atoms with Crippen molar-refractivity contribution in [1.29, 1.82) is 0 Å². The molecular weight excluding hydrogens is 206 g/mol. The van der Waals surface area contributed by atoms with E-state index in [0.717, 1.165) is 5.76 Å². The number of furan rings is 1. The van der Waals surface area contributed by atoms with Gasteiger partial charge in [-0.1, -0.05) is 6.08 Å². The van der Waals surface area contributed by atoms with E-state index in [9.17, 15) is 5.11 Å². The van der Waals surface area contributed by atoms with Crippen LogP contribution in [0.4, 0.5) is 0 Å². The van der Waals surface area contributed by atoms with Crippen LogP contribution >= 0.6 is 0 Å². The van der Waals surface area contributed by atoms with Crippen LogP contribution in [0.5, 0.6) is 0 Å². The van der Waals surface area contributed by atoms with Crippen molar-refractivity contribution >= 4 is 0 Å². The predicted octanol–water partition coefficient (Wildman–Crippen LogP) is 1.27. The van der Waals surface area contributed by atoms with E-state index in [4.69, 9.17) is 9.15 Å². The molecule has 0 radical (unpaired) electrons. The van der Waals surface area contributed by atoms with E-state index < -0.39 is 6.10 Å². The van der Waals surface area contributed by atoms with Crippen LogP contribution in [0.1, 0.15) is 5.76 Å². The van der Waals surface area contributed by atoms with Crippen molar-refractivity contribution in [3.8, 4) is 0 Å². The lowest BCUT2D eigenvalue weighted by molar-refractivity contribution is 0.0288. The molecule has 1 unspecified atom stereocenters. The molecule has 0 aromatic carbocycles. The first-order chi connectivity index (χ1) is 7.72. The molecule has 0 aliphatic carbocycles. The maximum absolute atomic E-state index is 9.64. The third kappa shape index (κ3) is 5.11. The topological polar surface area (TPSA) is 45.8 Å². The van der Waals surface area contributed by atoms with Gasteiger partial charge >= 0.3 is 0 Å². The largest absolute Gasteiger partial charge is 0.468 e. The van der Waals surface area contributed by atoms with Crippen LogP contribution in [-0.2, 0) is 11.3 Å². The SMILES string of the molecule is C=CCOCC(O)CN(C)Cc1ccco1. The Bertz CT molecular complexity index is 284. The van der Waals surface area contributed by atoms with Crippen molar-refractivity contribution in [3.05, 3.63) is 36.8 Å². The summed E-state index contributed by atoms with van der Waals surface area (Å²) in [5.41, 5.74) is 0. The van der Waals surface area contributed by atoms with Gasteiger partial charge in [-0.3, -0.25) is 4.90 Å². The first kappa shape index (κ1) is 13.0. The van der Waals surface area contributed by atoms with Gasteiger partial charge in [-0.25, -0.2) is 0 Å². The quantitative estimate of drug-likeness (QED) is 0.534. The normalized spacial score (nSPS) is 12.9. The predicted molar refractivity (Wildman–Crippen MR) is 62.1 cm³/mol.